The summed E-state index contributed by atoms with van der Waals surface area (Å²) >= 11 is 5.51. The molecule has 5 rings (SSSR count). The first-order valence-corrected chi connectivity index (χ1v) is 12.9. The Morgan fingerprint density at radius 2 is 1.55 bits per heavy atom. The molecule has 1 atom stereocenters. The molecule has 0 fully saturated rings. The van der Waals surface area contributed by atoms with Crippen LogP contribution in [0.2, 0.25) is 0 Å². The van der Waals surface area contributed by atoms with E-state index in [1.54, 1.807) is 24.3 Å². The van der Waals surface area contributed by atoms with Gasteiger partial charge >= 0.3 is 0 Å². The molecule has 8 nitrogen and oxygen atoms in total. The van der Waals surface area contributed by atoms with Gasteiger partial charge in [-0.15, -0.1) is 0 Å². The molecule has 0 aliphatic carbocycles. The van der Waals surface area contributed by atoms with Gasteiger partial charge in [-0.2, -0.15) is 0 Å². The molecule has 1 aliphatic rings. The van der Waals surface area contributed by atoms with Crippen molar-refractivity contribution in [2.45, 2.75) is 12.6 Å². The van der Waals surface area contributed by atoms with Crippen LogP contribution in [0.3, 0.4) is 0 Å². The molecule has 40 heavy (non-hydrogen) atoms. The van der Waals surface area contributed by atoms with E-state index in [4.69, 9.17) is 21.7 Å². The predicted molar refractivity (Wildman–Crippen MR) is 156 cm³/mol. The minimum Gasteiger partial charge on any atom is -0.493 e. The fraction of sp³-hybridized carbons (Fsp3) is 0.0968. The highest BCUT2D eigenvalue weighted by molar-refractivity contribution is 7.80. The van der Waals surface area contributed by atoms with Gasteiger partial charge in [0.1, 0.15) is 6.61 Å². The van der Waals surface area contributed by atoms with Crippen molar-refractivity contribution in [2.24, 2.45) is 0 Å². The third-order valence-corrected chi connectivity index (χ3v) is 6.69. The highest BCUT2D eigenvalue weighted by Gasteiger charge is 2.37. The summed E-state index contributed by atoms with van der Waals surface area (Å²) in [6.45, 7) is 0.194. The summed E-state index contributed by atoms with van der Waals surface area (Å²) in [6.07, 6.45) is 0. The van der Waals surface area contributed by atoms with Crippen LogP contribution in [0.4, 0.5) is 5.69 Å². The molecule has 0 saturated carbocycles. The number of nitro benzene ring substituents is 1. The summed E-state index contributed by atoms with van der Waals surface area (Å²) < 4.78 is 11.5. The Kier molecular flexibility index (Phi) is 7.84. The number of Topliss-reactive ketones (excluding diaryl/α,β-unsaturated/α-hetero) is 1. The van der Waals surface area contributed by atoms with Gasteiger partial charge in [-0.05, 0) is 29.4 Å². The topological polar surface area (TPSA) is 103 Å². The molecular weight excluding hydrogens is 526 g/mol. The second-order valence-electron chi connectivity index (χ2n) is 8.97. The number of carbonyl (C=O) groups is 1. The van der Waals surface area contributed by atoms with Crippen LogP contribution in [0.1, 0.15) is 33.1 Å². The van der Waals surface area contributed by atoms with E-state index in [-0.39, 0.29) is 45.8 Å². The fourth-order valence-corrected chi connectivity index (χ4v) is 4.80. The SMILES string of the molecule is COc1cc([C@H]2NC(=S)NC(c3ccccc3)=C2C(=O)c2ccccc2)c([N+](=O)[O-])cc1OCc1ccccc1. The molecule has 0 bridgehead atoms. The van der Waals surface area contributed by atoms with Crippen molar-refractivity contribution in [3.8, 4) is 11.5 Å². The molecule has 0 aromatic heterocycles. The van der Waals surface area contributed by atoms with Crippen molar-refractivity contribution >= 4 is 34.5 Å². The van der Waals surface area contributed by atoms with E-state index >= 15 is 0 Å². The molecule has 0 saturated heterocycles. The lowest BCUT2D eigenvalue weighted by Gasteiger charge is -2.32. The van der Waals surface area contributed by atoms with E-state index < -0.39 is 11.0 Å². The standard InChI is InChI=1S/C31H25N3O5S/c1-38-25-17-23(24(34(36)37)18-26(25)39-19-20-11-5-2-6-12-20)29-27(30(35)22-15-9-4-10-16-22)28(32-31(40)33-29)21-13-7-3-8-14-21/h2-18,29H,19H2,1H3,(H2,32,33,40)/t29-/m1/s1. The van der Waals surface area contributed by atoms with Gasteiger partial charge in [0.15, 0.2) is 22.4 Å². The van der Waals surface area contributed by atoms with E-state index in [1.165, 1.54) is 19.2 Å². The molecule has 1 heterocycles. The van der Waals surface area contributed by atoms with E-state index in [9.17, 15) is 14.9 Å². The summed E-state index contributed by atoms with van der Waals surface area (Å²) in [4.78, 5) is 25.9. The average molecular weight is 552 g/mol. The zero-order valence-electron chi connectivity index (χ0n) is 21.5. The number of hydrogen-bond acceptors (Lipinski definition) is 6. The number of methoxy groups -OCH3 is 1. The maximum atomic E-state index is 14.0. The van der Waals surface area contributed by atoms with Gasteiger partial charge in [0.05, 0.1) is 41.0 Å². The van der Waals surface area contributed by atoms with Gasteiger partial charge in [-0.3, -0.25) is 14.9 Å². The summed E-state index contributed by atoms with van der Waals surface area (Å²) in [5.41, 5.74) is 2.78. The lowest BCUT2D eigenvalue weighted by atomic mass is 9.86. The fourth-order valence-electron chi connectivity index (χ4n) is 4.58. The first-order chi connectivity index (χ1) is 19.5. The Hall–Kier alpha value is -5.02. The molecule has 0 radical (unpaired) electrons. The molecule has 4 aromatic rings. The molecular formula is C31H25N3O5S. The Balaban J connectivity index is 1.67. The Bertz CT molecular complexity index is 1590. The minimum atomic E-state index is -0.950. The van der Waals surface area contributed by atoms with Crippen molar-refractivity contribution in [3.05, 3.63) is 141 Å². The molecule has 1 aliphatic heterocycles. The van der Waals surface area contributed by atoms with Gasteiger partial charge in [0.2, 0.25) is 0 Å². The van der Waals surface area contributed by atoms with Gasteiger partial charge in [-0.25, -0.2) is 0 Å². The van der Waals surface area contributed by atoms with Gasteiger partial charge < -0.3 is 20.1 Å². The number of nitrogens with one attached hydrogen (secondary N) is 2. The van der Waals surface area contributed by atoms with Crippen LogP contribution in [-0.2, 0) is 6.61 Å². The summed E-state index contributed by atoms with van der Waals surface area (Å²) in [7, 11) is 1.46. The lowest BCUT2D eigenvalue weighted by molar-refractivity contribution is -0.385. The van der Waals surface area contributed by atoms with E-state index in [0.29, 0.717) is 16.8 Å². The largest absolute Gasteiger partial charge is 0.493 e. The summed E-state index contributed by atoms with van der Waals surface area (Å²) in [6, 6.07) is 29.4. The van der Waals surface area contributed by atoms with E-state index in [2.05, 4.69) is 10.6 Å². The zero-order chi connectivity index (χ0) is 28.1. The summed E-state index contributed by atoms with van der Waals surface area (Å²) in [5.74, 6) is 0.196. The molecule has 9 heteroatoms. The van der Waals surface area contributed by atoms with Crippen LogP contribution in [-0.4, -0.2) is 22.9 Å². The molecule has 2 N–H and O–H groups in total. The first kappa shape index (κ1) is 26.6. The Labute approximate surface area is 236 Å². The Morgan fingerprint density at radius 3 is 2.17 bits per heavy atom. The third-order valence-electron chi connectivity index (χ3n) is 6.47. The molecule has 0 unspecified atom stereocenters. The van der Waals surface area contributed by atoms with Crippen LogP contribution in [0.15, 0.2) is 109 Å². The third kappa shape index (κ3) is 5.55. The van der Waals surface area contributed by atoms with Crippen LogP contribution in [0, 0.1) is 10.1 Å². The number of nitrogens with zero attached hydrogens (tertiary/aromatic N) is 1. The van der Waals surface area contributed by atoms with Crippen molar-refractivity contribution in [1.29, 1.82) is 0 Å². The Morgan fingerprint density at radius 1 is 0.925 bits per heavy atom. The number of hydrogen-bond donors (Lipinski definition) is 2. The highest BCUT2D eigenvalue weighted by atomic mass is 32.1. The van der Waals surface area contributed by atoms with Crippen LogP contribution < -0.4 is 20.1 Å². The zero-order valence-corrected chi connectivity index (χ0v) is 22.3. The second-order valence-corrected chi connectivity index (χ2v) is 9.38. The number of carbonyl (C=O) groups excluding carboxylic acids is 1. The monoisotopic (exact) mass is 551 g/mol. The maximum absolute atomic E-state index is 14.0. The molecule has 4 aromatic carbocycles. The van der Waals surface area contributed by atoms with Crippen molar-refractivity contribution < 1.29 is 19.2 Å². The second kappa shape index (κ2) is 11.8. The minimum absolute atomic E-state index is 0.194. The predicted octanol–water partition coefficient (Wildman–Crippen LogP) is 6.00. The van der Waals surface area contributed by atoms with E-state index in [0.717, 1.165) is 5.56 Å². The average Bonchev–Trinajstić information content (AvgIpc) is 3.00. The number of nitro groups is 1. The normalized spacial score (nSPS) is 14.6. The molecule has 0 amide bonds. The number of benzene rings is 4. The smallest absolute Gasteiger partial charge is 0.279 e. The van der Waals surface area contributed by atoms with Crippen LogP contribution in [0.25, 0.3) is 5.70 Å². The van der Waals surface area contributed by atoms with Crippen LogP contribution in [0.5, 0.6) is 11.5 Å². The van der Waals surface area contributed by atoms with Crippen molar-refractivity contribution in [2.75, 3.05) is 7.11 Å². The molecule has 200 valence electrons. The number of thiocarbonyl (C=S) groups is 1. The van der Waals surface area contributed by atoms with Crippen LogP contribution >= 0.6 is 12.2 Å². The van der Waals surface area contributed by atoms with Gasteiger partial charge in [0, 0.05) is 5.56 Å². The van der Waals surface area contributed by atoms with E-state index in [1.807, 2.05) is 66.7 Å². The maximum Gasteiger partial charge on any atom is 0.279 e. The van der Waals surface area contributed by atoms with Crippen molar-refractivity contribution in [1.82, 2.24) is 10.6 Å². The quantitative estimate of drug-likeness (QED) is 0.113. The summed E-state index contributed by atoms with van der Waals surface area (Å²) in [5, 5.41) is 18.8. The number of ketones is 1. The number of ether oxygens (including phenoxy) is 2. The first-order valence-electron chi connectivity index (χ1n) is 12.5. The van der Waals surface area contributed by atoms with Crippen molar-refractivity contribution in [3.63, 3.8) is 0 Å². The van der Waals surface area contributed by atoms with Gasteiger partial charge in [0.25, 0.3) is 5.69 Å². The molecule has 0 spiro atoms. The number of rotatable bonds is 9. The highest BCUT2D eigenvalue weighted by Crippen LogP contribution is 2.42. The van der Waals surface area contributed by atoms with Gasteiger partial charge in [-0.1, -0.05) is 91.0 Å². The lowest BCUT2D eigenvalue weighted by Crippen LogP contribution is -2.45.